The molecule has 1 aliphatic heterocycles. The highest BCUT2D eigenvalue weighted by Crippen LogP contribution is 2.46. The van der Waals surface area contributed by atoms with Gasteiger partial charge in [-0.05, 0) is 62.0 Å². The summed E-state index contributed by atoms with van der Waals surface area (Å²) in [7, 11) is 0. The van der Waals surface area contributed by atoms with E-state index in [0.29, 0.717) is 13.0 Å². The summed E-state index contributed by atoms with van der Waals surface area (Å²) in [6, 6.07) is 4.29. The molecular weight excluding hydrogens is 241 g/mol. The first-order chi connectivity index (χ1) is 9.13. The molecule has 2 unspecified atom stereocenters. The van der Waals surface area contributed by atoms with Gasteiger partial charge in [0.15, 0.2) is 0 Å². The molecule has 2 aliphatic rings. The van der Waals surface area contributed by atoms with E-state index in [1.165, 1.54) is 11.1 Å². The molecule has 3 rings (SSSR count). The molecule has 1 N–H and O–H groups in total. The van der Waals surface area contributed by atoms with Gasteiger partial charge in [-0.3, -0.25) is 0 Å². The highest BCUT2D eigenvalue weighted by atomic mass is 19.1. The molecule has 0 radical (unpaired) electrons. The van der Waals surface area contributed by atoms with E-state index in [1.807, 2.05) is 6.92 Å². The molecule has 1 aliphatic carbocycles. The lowest BCUT2D eigenvalue weighted by atomic mass is 9.92. The highest BCUT2D eigenvalue weighted by molar-refractivity contribution is 5.48. The van der Waals surface area contributed by atoms with Crippen LogP contribution < -0.4 is 5.32 Å². The molecule has 1 heterocycles. The first-order valence-corrected chi connectivity index (χ1v) is 7.28. The van der Waals surface area contributed by atoms with E-state index in [-0.39, 0.29) is 6.10 Å². The molecule has 0 bridgehead atoms. The summed E-state index contributed by atoms with van der Waals surface area (Å²) in [5.74, 6) is 0. The van der Waals surface area contributed by atoms with Gasteiger partial charge in [0.2, 0.25) is 0 Å². The van der Waals surface area contributed by atoms with Crippen molar-refractivity contribution >= 4 is 0 Å². The van der Waals surface area contributed by atoms with Crippen LogP contribution in [0.4, 0.5) is 4.39 Å². The second-order valence-electron chi connectivity index (χ2n) is 5.82. The number of fused-ring (bicyclic) bond motifs is 3. The SMILES string of the molecule is CCOC1c2c(ccc3c2CCNCC3)CC1(C)F. The van der Waals surface area contributed by atoms with Crippen LogP contribution in [0.25, 0.3) is 0 Å². The number of alkyl halides is 1. The van der Waals surface area contributed by atoms with E-state index in [0.717, 1.165) is 37.1 Å². The Morgan fingerprint density at radius 1 is 1.32 bits per heavy atom. The lowest BCUT2D eigenvalue weighted by molar-refractivity contribution is -0.0383. The van der Waals surface area contributed by atoms with Gasteiger partial charge in [-0.1, -0.05) is 12.1 Å². The molecule has 19 heavy (non-hydrogen) atoms. The van der Waals surface area contributed by atoms with Crippen molar-refractivity contribution in [1.29, 1.82) is 0 Å². The average Bonchev–Trinajstić information content (AvgIpc) is 2.55. The maximum atomic E-state index is 14.8. The van der Waals surface area contributed by atoms with Gasteiger partial charge in [0.05, 0.1) is 0 Å². The molecule has 0 saturated heterocycles. The summed E-state index contributed by atoms with van der Waals surface area (Å²) in [5, 5.41) is 3.42. The molecule has 2 atom stereocenters. The van der Waals surface area contributed by atoms with Crippen molar-refractivity contribution in [3.8, 4) is 0 Å². The van der Waals surface area contributed by atoms with Crippen molar-refractivity contribution in [2.24, 2.45) is 0 Å². The van der Waals surface area contributed by atoms with Crippen molar-refractivity contribution in [1.82, 2.24) is 5.32 Å². The molecule has 3 heteroatoms. The van der Waals surface area contributed by atoms with Gasteiger partial charge in [-0.15, -0.1) is 0 Å². The van der Waals surface area contributed by atoms with Crippen molar-refractivity contribution in [2.75, 3.05) is 19.7 Å². The van der Waals surface area contributed by atoms with Crippen LogP contribution in [0.5, 0.6) is 0 Å². The smallest absolute Gasteiger partial charge is 0.142 e. The summed E-state index contributed by atoms with van der Waals surface area (Å²) < 4.78 is 20.5. The standard InChI is InChI=1S/C16H22FNO/c1-3-19-15-14-12(10-16(15,2)17)5-4-11-6-8-18-9-7-13(11)14/h4-5,15,18H,3,6-10H2,1-2H3. The van der Waals surface area contributed by atoms with E-state index in [4.69, 9.17) is 4.74 Å². The largest absolute Gasteiger partial charge is 0.370 e. The Hall–Kier alpha value is -0.930. The Bertz CT molecular complexity index is 484. The molecule has 1 aromatic rings. The van der Waals surface area contributed by atoms with Crippen molar-refractivity contribution < 1.29 is 9.13 Å². The first kappa shape index (κ1) is 13.1. The molecule has 0 fully saturated rings. The predicted molar refractivity (Wildman–Crippen MR) is 74.3 cm³/mol. The number of hydrogen-bond donors (Lipinski definition) is 1. The van der Waals surface area contributed by atoms with Crippen molar-refractivity contribution in [3.05, 3.63) is 34.4 Å². The fraction of sp³-hybridized carbons (Fsp3) is 0.625. The van der Waals surface area contributed by atoms with Crippen LogP contribution in [0.1, 0.15) is 42.2 Å². The van der Waals surface area contributed by atoms with Crippen LogP contribution in [0.3, 0.4) is 0 Å². The van der Waals surface area contributed by atoms with Gasteiger partial charge in [-0.2, -0.15) is 0 Å². The van der Waals surface area contributed by atoms with Gasteiger partial charge >= 0.3 is 0 Å². The first-order valence-electron chi connectivity index (χ1n) is 7.28. The third-order valence-corrected chi connectivity index (χ3v) is 4.35. The Morgan fingerprint density at radius 3 is 2.84 bits per heavy atom. The second kappa shape index (κ2) is 4.88. The lowest BCUT2D eigenvalue weighted by Crippen LogP contribution is -2.26. The number of rotatable bonds is 2. The molecule has 0 spiro atoms. The van der Waals surface area contributed by atoms with Gasteiger partial charge in [0, 0.05) is 13.0 Å². The average molecular weight is 263 g/mol. The summed E-state index contributed by atoms with van der Waals surface area (Å²) in [6.45, 7) is 6.17. The van der Waals surface area contributed by atoms with Crippen molar-refractivity contribution in [2.45, 2.75) is 44.9 Å². The number of halogens is 1. The summed E-state index contributed by atoms with van der Waals surface area (Å²) >= 11 is 0. The zero-order valence-corrected chi connectivity index (χ0v) is 11.8. The van der Waals surface area contributed by atoms with Crippen molar-refractivity contribution in [3.63, 3.8) is 0 Å². The van der Waals surface area contributed by atoms with E-state index in [9.17, 15) is 4.39 Å². The minimum absolute atomic E-state index is 0.388. The van der Waals surface area contributed by atoms with Gasteiger partial charge in [-0.25, -0.2) is 4.39 Å². The molecule has 1 aromatic carbocycles. The second-order valence-corrected chi connectivity index (χ2v) is 5.82. The van der Waals surface area contributed by atoms with E-state index in [1.54, 1.807) is 6.92 Å². The third-order valence-electron chi connectivity index (χ3n) is 4.35. The number of nitrogens with one attached hydrogen (secondary N) is 1. The molecule has 0 aromatic heterocycles. The Morgan fingerprint density at radius 2 is 2.05 bits per heavy atom. The van der Waals surface area contributed by atoms with E-state index in [2.05, 4.69) is 17.4 Å². The molecule has 104 valence electrons. The van der Waals surface area contributed by atoms with Gasteiger partial charge in [0.1, 0.15) is 11.8 Å². The highest BCUT2D eigenvalue weighted by Gasteiger charge is 2.45. The number of ether oxygens (including phenoxy) is 1. The fourth-order valence-electron chi connectivity index (χ4n) is 3.52. The summed E-state index contributed by atoms with van der Waals surface area (Å²) in [6.07, 6.45) is 2.11. The van der Waals surface area contributed by atoms with Gasteiger partial charge < -0.3 is 10.1 Å². The summed E-state index contributed by atoms with van der Waals surface area (Å²) in [4.78, 5) is 0. The zero-order chi connectivity index (χ0) is 13.5. The normalized spacial score (nSPS) is 29.7. The van der Waals surface area contributed by atoms with Crippen LogP contribution in [0, 0.1) is 0 Å². The molecule has 0 amide bonds. The minimum Gasteiger partial charge on any atom is -0.370 e. The van der Waals surface area contributed by atoms with Crippen LogP contribution >= 0.6 is 0 Å². The van der Waals surface area contributed by atoms with Crippen LogP contribution in [-0.2, 0) is 24.0 Å². The molecule has 2 nitrogen and oxygen atoms in total. The quantitative estimate of drug-likeness (QED) is 0.886. The van der Waals surface area contributed by atoms with Crippen LogP contribution in [-0.4, -0.2) is 25.4 Å². The monoisotopic (exact) mass is 263 g/mol. The number of hydrogen-bond acceptors (Lipinski definition) is 2. The van der Waals surface area contributed by atoms with Crippen LogP contribution in [0.2, 0.25) is 0 Å². The van der Waals surface area contributed by atoms with E-state index < -0.39 is 5.67 Å². The maximum absolute atomic E-state index is 14.8. The Balaban J connectivity index is 2.09. The van der Waals surface area contributed by atoms with Gasteiger partial charge in [0.25, 0.3) is 0 Å². The maximum Gasteiger partial charge on any atom is 0.142 e. The zero-order valence-electron chi connectivity index (χ0n) is 11.8. The molecular formula is C16H22FNO. The minimum atomic E-state index is -1.27. The fourth-order valence-corrected chi connectivity index (χ4v) is 3.52. The predicted octanol–water partition coefficient (Wildman–Crippen LogP) is 2.74. The lowest BCUT2D eigenvalue weighted by Gasteiger charge is -2.25. The Labute approximate surface area is 114 Å². The third kappa shape index (κ3) is 2.19. The summed E-state index contributed by atoms with van der Waals surface area (Å²) in [5.41, 5.74) is 3.72. The van der Waals surface area contributed by atoms with E-state index >= 15 is 0 Å². The number of benzene rings is 1. The topological polar surface area (TPSA) is 21.3 Å². The van der Waals surface area contributed by atoms with Crippen LogP contribution in [0.15, 0.2) is 12.1 Å². The Kier molecular flexibility index (Phi) is 3.35. The molecule has 0 saturated carbocycles.